The third-order valence-corrected chi connectivity index (χ3v) is 6.79. The van der Waals surface area contributed by atoms with Gasteiger partial charge in [0.05, 0.1) is 16.0 Å². The topological polar surface area (TPSA) is 127 Å². The molecule has 0 unspecified atom stereocenters. The number of nitrogens with zero attached hydrogens (tertiary/aromatic N) is 2. The lowest BCUT2D eigenvalue weighted by Gasteiger charge is -2.10. The van der Waals surface area contributed by atoms with Crippen molar-refractivity contribution >= 4 is 70.4 Å². The fraction of sp³-hybridized carbons (Fsp3) is 0. The molecule has 11 heteroatoms. The van der Waals surface area contributed by atoms with Crippen molar-refractivity contribution in [3.05, 3.63) is 64.7 Å². The summed E-state index contributed by atoms with van der Waals surface area (Å²) in [7, 11) is -3.68. The van der Waals surface area contributed by atoms with E-state index < -0.39 is 10.0 Å². The number of thiazole rings is 1. The third kappa shape index (κ3) is 4.32. The van der Waals surface area contributed by atoms with E-state index in [-0.39, 0.29) is 4.90 Å². The van der Waals surface area contributed by atoms with E-state index >= 15 is 0 Å². The van der Waals surface area contributed by atoms with Gasteiger partial charge in [0.15, 0.2) is 10.9 Å². The van der Waals surface area contributed by atoms with E-state index in [9.17, 15) is 8.42 Å². The van der Waals surface area contributed by atoms with Crippen LogP contribution in [-0.4, -0.2) is 18.4 Å². The average molecular weight is 492 g/mol. The molecule has 2 aromatic carbocycles. The van der Waals surface area contributed by atoms with E-state index in [2.05, 4.69) is 36.0 Å². The van der Waals surface area contributed by atoms with E-state index in [4.69, 9.17) is 5.73 Å². The Labute approximate surface area is 179 Å². The number of sulfonamides is 1. The van der Waals surface area contributed by atoms with Crippen LogP contribution in [0.4, 0.5) is 22.3 Å². The highest BCUT2D eigenvalue weighted by Gasteiger charge is 2.16. The van der Waals surface area contributed by atoms with Gasteiger partial charge in [0.1, 0.15) is 0 Å². The zero-order valence-electron chi connectivity index (χ0n) is 14.8. The normalized spacial score (nSPS) is 11.5. The molecule has 4 aromatic rings. The van der Waals surface area contributed by atoms with Crippen LogP contribution >= 0.6 is 27.3 Å². The van der Waals surface area contributed by atoms with Crippen LogP contribution in [-0.2, 0) is 10.0 Å². The van der Waals surface area contributed by atoms with Crippen LogP contribution in [0.1, 0.15) is 0 Å². The number of halogens is 1. The molecule has 2 heterocycles. The summed E-state index contributed by atoms with van der Waals surface area (Å²) < 4.78 is 28.2. The van der Waals surface area contributed by atoms with Gasteiger partial charge in [-0.15, -0.1) is 11.3 Å². The van der Waals surface area contributed by atoms with Crippen LogP contribution in [0.5, 0.6) is 0 Å². The molecule has 0 bridgehead atoms. The zero-order valence-corrected chi connectivity index (χ0v) is 18.1. The van der Waals surface area contributed by atoms with Gasteiger partial charge in [-0.2, -0.15) is 0 Å². The third-order valence-electron chi connectivity index (χ3n) is 4.13. The number of pyridine rings is 1. The Morgan fingerprint density at radius 1 is 1.10 bits per heavy atom. The van der Waals surface area contributed by atoms with Crippen molar-refractivity contribution in [1.29, 1.82) is 0 Å². The van der Waals surface area contributed by atoms with Gasteiger partial charge in [-0.3, -0.25) is 4.72 Å². The molecule has 0 saturated carbocycles. The van der Waals surface area contributed by atoms with Gasteiger partial charge in [-0.05, 0) is 36.4 Å². The van der Waals surface area contributed by atoms with Crippen molar-refractivity contribution in [2.75, 3.05) is 15.9 Å². The fourth-order valence-electron chi connectivity index (χ4n) is 2.71. The number of fused-ring (bicyclic) bond motifs is 1. The molecular weight excluding hydrogens is 476 g/mol. The second-order valence-corrected chi connectivity index (χ2v) is 9.54. The van der Waals surface area contributed by atoms with Gasteiger partial charge in [0.2, 0.25) is 5.69 Å². The van der Waals surface area contributed by atoms with Gasteiger partial charge >= 0.3 is 0 Å². The number of anilines is 3. The molecule has 0 saturated heterocycles. The van der Waals surface area contributed by atoms with Crippen LogP contribution < -0.4 is 21.3 Å². The fourth-order valence-corrected chi connectivity index (χ4v) is 4.86. The summed E-state index contributed by atoms with van der Waals surface area (Å²) >= 11 is 4.69. The van der Waals surface area contributed by atoms with Crippen molar-refractivity contribution in [1.82, 2.24) is 9.97 Å². The Bertz CT molecular complexity index is 1260. The van der Waals surface area contributed by atoms with Gasteiger partial charge in [-0.25, -0.2) is 29.2 Å². The zero-order chi connectivity index (χ0) is 20.4. The lowest BCUT2D eigenvalue weighted by Crippen LogP contribution is -2.83. The van der Waals surface area contributed by atoms with E-state index in [1.54, 1.807) is 29.1 Å². The summed E-state index contributed by atoms with van der Waals surface area (Å²) in [5.41, 5.74) is 12.4. The molecule has 0 radical (unpaired) electrons. The summed E-state index contributed by atoms with van der Waals surface area (Å²) in [6.07, 6.45) is 3.27. The quantitative estimate of drug-likeness (QED) is 0.242. The summed E-state index contributed by atoms with van der Waals surface area (Å²) in [5, 5.41) is 3.94. The standard InChI is InChI=1S/C18H15BrN6O2S2/c19-12-2-1-11-10-22-17(20)16(15(11)9-12)24-23-13-3-5-14(6-4-13)29(26,27)25-18-21-7-8-28-18/h1-10,23-24H,(H2,20,22)(H,21,25)/p+1. The van der Waals surface area contributed by atoms with Crippen LogP contribution in [0, 0.1) is 0 Å². The lowest BCUT2D eigenvalue weighted by molar-refractivity contribution is -0.536. The summed E-state index contributed by atoms with van der Waals surface area (Å²) in [6.45, 7) is 0. The molecule has 0 fully saturated rings. The van der Waals surface area contributed by atoms with Crippen molar-refractivity contribution in [3.63, 3.8) is 0 Å². The first-order chi connectivity index (χ1) is 13.9. The van der Waals surface area contributed by atoms with Gasteiger partial charge in [0, 0.05) is 27.6 Å². The minimum absolute atomic E-state index is 0.147. The molecule has 0 amide bonds. The maximum Gasteiger partial charge on any atom is 0.263 e. The molecule has 0 aliphatic heterocycles. The minimum Gasteiger partial charge on any atom is -0.379 e. The largest absolute Gasteiger partial charge is 0.379 e. The van der Waals surface area contributed by atoms with E-state index in [0.717, 1.165) is 20.9 Å². The first kappa shape index (κ1) is 19.6. The number of nitrogens with two attached hydrogens (primary N) is 2. The molecule has 6 N–H and O–H groups in total. The monoisotopic (exact) mass is 491 g/mol. The number of hydrogen-bond donors (Lipinski definition) is 4. The highest BCUT2D eigenvalue weighted by Crippen LogP contribution is 2.27. The Kier molecular flexibility index (Phi) is 5.37. The smallest absolute Gasteiger partial charge is 0.263 e. The number of rotatable bonds is 6. The maximum absolute atomic E-state index is 12.4. The van der Waals surface area contributed by atoms with Crippen LogP contribution in [0.25, 0.3) is 10.8 Å². The Hall–Kier alpha value is -2.73. The number of hydrogen-bond acceptors (Lipinski definition) is 7. The molecule has 29 heavy (non-hydrogen) atoms. The van der Waals surface area contributed by atoms with E-state index in [1.807, 2.05) is 18.2 Å². The summed E-state index contributed by atoms with van der Waals surface area (Å²) in [4.78, 5) is 8.31. The molecule has 0 aliphatic rings. The van der Waals surface area contributed by atoms with Crippen LogP contribution in [0.2, 0.25) is 0 Å². The van der Waals surface area contributed by atoms with Crippen LogP contribution in [0.3, 0.4) is 0 Å². The maximum atomic E-state index is 12.4. The summed E-state index contributed by atoms with van der Waals surface area (Å²) in [6, 6.07) is 12.3. The minimum atomic E-state index is -3.68. The first-order valence-corrected chi connectivity index (χ1v) is 11.5. The number of nitrogens with one attached hydrogen (secondary N) is 2. The highest BCUT2D eigenvalue weighted by molar-refractivity contribution is 9.10. The molecule has 148 valence electrons. The highest BCUT2D eigenvalue weighted by atomic mass is 79.9. The van der Waals surface area contributed by atoms with Gasteiger partial charge in [0.25, 0.3) is 10.0 Å². The van der Waals surface area contributed by atoms with Crippen molar-refractivity contribution in [2.24, 2.45) is 0 Å². The predicted octanol–water partition coefficient (Wildman–Crippen LogP) is 3.06. The lowest BCUT2D eigenvalue weighted by atomic mass is 10.1. The van der Waals surface area contributed by atoms with Crippen molar-refractivity contribution in [2.45, 2.75) is 4.90 Å². The van der Waals surface area contributed by atoms with Gasteiger partial charge in [-0.1, -0.05) is 22.0 Å². The average Bonchev–Trinajstić information content (AvgIpc) is 3.20. The number of benzene rings is 2. The Morgan fingerprint density at radius 3 is 2.62 bits per heavy atom. The number of quaternary nitrogens is 1. The molecule has 0 atom stereocenters. The second-order valence-electron chi connectivity index (χ2n) is 6.04. The molecule has 8 nitrogen and oxygen atoms in total. The molecular formula is C18H16BrN6O2S2+. The number of aromatic nitrogens is 2. The van der Waals surface area contributed by atoms with Crippen LogP contribution in [0.15, 0.2) is 69.6 Å². The molecule has 0 aliphatic carbocycles. The summed E-state index contributed by atoms with van der Waals surface area (Å²) in [5.74, 6) is 0.398. The molecule has 0 spiro atoms. The Balaban J connectivity index is 1.52. The molecule has 2 aromatic heterocycles. The SMILES string of the molecule is Nc1ncc2ccc(Br)cc2c1[NH2+]Nc1ccc(S(=O)(=O)Nc2nccs2)cc1. The first-order valence-electron chi connectivity index (χ1n) is 8.38. The second kappa shape index (κ2) is 7.95. The van der Waals surface area contributed by atoms with Crippen molar-refractivity contribution in [3.8, 4) is 0 Å². The van der Waals surface area contributed by atoms with Gasteiger partial charge < -0.3 is 5.73 Å². The van der Waals surface area contributed by atoms with E-state index in [1.165, 1.54) is 29.7 Å². The number of nitrogen functional groups attached to an aromatic ring is 2. The van der Waals surface area contributed by atoms with E-state index in [0.29, 0.717) is 16.6 Å². The molecule has 4 rings (SSSR count). The Morgan fingerprint density at radius 2 is 1.90 bits per heavy atom. The van der Waals surface area contributed by atoms with Crippen molar-refractivity contribution < 1.29 is 13.8 Å². The predicted molar refractivity (Wildman–Crippen MR) is 118 cm³/mol.